The molecule has 0 radical (unpaired) electrons. The number of nitrogens with zero attached hydrogens (tertiary/aromatic N) is 2. The fourth-order valence-electron chi connectivity index (χ4n) is 5.57. The Kier molecular flexibility index (Phi) is 9.11. The van der Waals surface area contributed by atoms with Gasteiger partial charge in [0.15, 0.2) is 0 Å². The van der Waals surface area contributed by atoms with Crippen LogP contribution in [0, 0.1) is 11.3 Å². The summed E-state index contributed by atoms with van der Waals surface area (Å²) in [5.74, 6) is 0.456. The Balaban J connectivity index is 0.000000913. The highest BCUT2D eigenvalue weighted by Gasteiger charge is 2.54. The predicted octanol–water partition coefficient (Wildman–Crippen LogP) is 2.86. The molecule has 3 saturated heterocycles. The van der Waals surface area contributed by atoms with Crippen molar-refractivity contribution in [2.75, 3.05) is 45.9 Å². The number of unbranched alkanes of at least 4 members (excludes halogenated alkanes) is 1. The smallest absolute Gasteiger partial charge is 0.290 e. The molecule has 0 amide bonds. The molecular formula is C24H38N2O5S. The third-order valence-corrected chi connectivity index (χ3v) is 9.64. The number of rotatable bonds is 8. The average molecular weight is 467 g/mol. The van der Waals surface area contributed by atoms with Crippen LogP contribution >= 0.6 is 0 Å². The first-order valence-corrected chi connectivity index (χ1v) is 13.4. The van der Waals surface area contributed by atoms with E-state index in [0.29, 0.717) is 45.1 Å². The van der Waals surface area contributed by atoms with Crippen molar-refractivity contribution in [3.05, 3.63) is 35.9 Å². The molecule has 0 bridgehead atoms. The summed E-state index contributed by atoms with van der Waals surface area (Å²) >= 11 is 0. The van der Waals surface area contributed by atoms with Gasteiger partial charge in [0.05, 0.1) is 5.25 Å². The molecule has 2 unspecified atom stereocenters. The Bertz CT molecular complexity index is 813. The fourth-order valence-corrected chi connectivity index (χ4v) is 7.60. The highest BCUT2D eigenvalue weighted by Crippen LogP contribution is 2.47. The van der Waals surface area contributed by atoms with Gasteiger partial charge in [0.25, 0.3) is 6.47 Å². The molecule has 3 fully saturated rings. The number of hydrogen-bond donors (Lipinski definition) is 1. The van der Waals surface area contributed by atoms with Crippen LogP contribution in [-0.2, 0) is 26.0 Å². The molecule has 0 aromatic heterocycles. The van der Waals surface area contributed by atoms with Crippen LogP contribution in [0.5, 0.6) is 0 Å². The topological polar surface area (TPSA) is 87.2 Å². The molecule has 1 N–H and O–H groups in total. The monoisotopic (exact) mass is 466 g/mol. The molecule has 0 aliphatic carbocycles. The van der Waals surface area contributed by atoms with E-state index in [-0.39, 0.29) is 17.1 Å². The first kappa shape index (κ1) is 25.1. The van der Waals surface area contributed by atoms with Crippen LogP contribution < -0.4 is 0 Å². The van der Waals surface area contributed by atoms with E-state index in [1.54, 1.807) is 0 Å². The molecule has 1 aromatic carbocycles. The molecule has 0 saturated carbocycles. The van der Waals surface area contributed by atoms with Gasteiger partial charge in [0, 0.05) is 44.8 Å². The lowest BCUT2D eigenvalue weighted by Gasteiger charge is -2.31. The highest BCUT2D eigenvalue weighted by atomic mass is 32.2. The lowest BCUT2D eigenvalue weighted by molar-refractivity contribution is -0.122. The minimum atomic E-state index is -3.22. The Labute approximate surface area is 192 Å². The molecule has 2 atom stereocenters. The molecule has 0 spiro atoms. The van der Waals surface area contributed by atoms with Crippen molar-refractivity contribution in [2.45, 2.75) is 50.7 Å². The molecule has 180 valence electrons. The Hall–Kier alpha value is -1.48. The summed E-state index contributed by atoms with van der Waals surface area (Å²) in [4.78, 5) is 11.0. The van der Waals surface area contributed by atoms with Crippen molar-refractivity contribution in [1.82, 2.24) is 9.21 Å². The van der Waals surface area contributed by atoms with Gasteiger partial charge >= 0.3 is 0 Å². The van der Waals surface area contributed by atoms with Gasteiger partial charge in [-0.3, -0.25) is 4.79 Å². The van der Waals surface area contributed by atoms with Crippen molar-refractivity contribution in [3.8, 4) is 0 Å². The minimum absolute atomic E-state index is 0.0990. The molecule has 32 heavy (non-hydrogen) atoms. The van der Waals surface area contributed by atoms with Crippen molar-refractivity contribution < 1.29 is 23.1 Å². The SMILES string of the molecule is CCCCN1CC2CN(S(=O)(=O)C3CCOCC3)CC2(CCc2ccccc2)C1.O=CO. The van der Waals surface area contributed by atoms with Crippen LogP contribution in [0.3, 0.4) is 0 Å². The number of aryl methyl sites for hydroxylation is 1. The zero-order valence-electron chi connectivity index (χ0n) is 19.2. The lowest BCUT2D eigenvalue weighted by atomic mass is 9.76. The maximum Gasteiger partial charge on any atom is 0.290 e. The quantitative estimate of drug-likeness (QED) is 0.593. The summed E-state index contributed by atoms with van der Waals surface area (Å²) in [5, 5.41) is 6.64. The van der Waals surface area contributed by atoms with Gasteiger partial charge in [-0.1, -0.05) is 43.7 Å². The third kappa shape index (κ3) is 5.90. The van der Waals surface area contributed by atoms with Gasteiger partial charge in [0.1, 0.15) is 0 Å². The van der Waals surface area contributed by atoms with E-state index in [1.165, 1.54) is 18.4 Å². The number of ether oxygens (including phenoxy) is 1. The predicted molar refractivity (Wildman–Crippen MR) is 125 cm³/mol. The maximum absolute atomic E-state index is 13.3. The van der Waals surface area contributed by atoms with E-state index >= 15 is 0 Å². The van der Waals surface area contributed by atoms with Gasteiger partial charge in [-0.05, 0) is 50.1 Å². The van der Waals surface area contributed by atoms with Crippen LogP contribution in [0.1, 0.15) is 44.6 Å². The largest absolute Gasteiger partial charge is 0.483 e. The van der Waals surface area contributed by atoms with Crippen LogP contribution in [-0.4, -0.2) is 80.4 Å². The van der Waals surface area contributed by atoms with E-state index < -0.39 is 10.0 Å². The third-order valence-electron chi connectivity index (χ3n) is 7.33. The van der Waals surface area contributed by atoms with Crippen LogP contribution in [0.15, 0.2) is 30.3 Å². The van der Waals surface area contributed by atoms with Gasteiger partial charge in [0.2, 0.25) is 10.0 Å². The maximum atomic E-state index is 13.3. The molecule has 3 heterocycles. The molecule has 7 nitrogen and oxygen atoms in total. The number of hydrogen-bond acceptors (Lipinski definition) is 5. The van der Waals surface area contributed by atoms with Crippen molar-refractivity contribution in [1.29, 1.82) is 0 Å². The van der Waals surface area contributed by atoms with E-state index in [4.69, 9.17) is 14.6 Å². The number of carboxylic acid groups (broad SMARTS) is 1. The summed E-state index contributed by atoms with van der Waals surface area (Å²) in [6.07, 6.45) is 5.83. The standard InChI is InChI=1S/C23H36N2O3S.CH2O2/c1-2-3-13-24-16-21-17-25(29(26,27)22-10-14-28-15-11-22)19-23(21,18-24)12-9-20-7-5-4-6-8-20;2-1-3/h4-8,21-22H,2-3,9-19H2,1H3;1H,(H,2,3). The first-order valence-electron chi connectivity index (χ1n) is 11.9. The number of sulfonamides is 1. The normalized spacial score (nSPS) is 27.0. The van der Waals surface area contributed by atoms with Gasteiger partial charge < -0.3 is 14.7 Å². The van der Waals surface area contributed by atoms with E-state index in [0.717, 1.165) is 32.5 Å². The van der Waals surface area contributed by atoms with Gasteiger partial charge in [-0.25, -0.2) is 12.7 Å². The summed E-state index contributed by atoms with van der Waals surface area (Å²) in [5.41, 5.74) is 1.46. The summed E-state index contributed by atoms with van der Waals surface area (Å²) in [7, 11) is -3.22. The zero-order chi connectivity index (χ0) is 23.0. The van der Waals surface area contributed by atoms with E-state index in [1.807, 2.05) is 4.31 Å². The first-order chi connectivity index (χ1) is 15.4. The van der Waals surface area contributed by atoms with Crippen molar-refractivity contribution in [2.24, 2.45) is 11.3 Å². The minimum Gasteiger partial charge on any atom is -0.483 e. The molecular weight excluding hydrogens is 428 g/mol. The summed E-state index contributed by atoms with van der Waals surface area (Å²) in [6.45, 7) is 7.79. The summed E-state index contributed by atoms with van der Waals surface area (Å²) < 4.78 is 33.9. The molecule has 3 aliphatic rings. The molecule has 8 heteroatoms. The number of likely N-dealkylation sites (tertiary alicyclic amines) is 1. The number of benzene rings is 1. The molecule has 1 aromatic rings. The molecule has 3 aliphatic heterocycles. The highest BCUT2D eigenvalue weighted by molar-refractivity contribution is 7.89. The van der Waals surface area contributed by atoms with Crippen molar-refractivity contribution >= 4 is 16.5 Å². The lowest BCUT2D eigenvalue weighted by Crippen LogP contribution is -2.43. The van der Waals surface area contributed by atoms with E-state index in [9.17, 15) is 8.42 Å². The van der Waals surface area contributed by atoms with Crippen LogP contribution in [0.2, 0.25) is 0 Å². The molecule has 4 rings (SSSR count). The Morgan fingerprint density at radius 1 is 1.16 bits per heavy atom. The van der Waals surface area contributed by atoms with Crippen LogP contribution in [0.4, 0.5) is 0 Å². The second-order valence-corrected chi connectivity index (χ2v) is 11.6. The number of fused-ring (bicyclic) bond motifs is 1. The van der Waals surface area contributed by atoms with Gasteiger partial charge in [-0.2, -0.15) is 0 Å². The van der Waals surface area contributed by atoms with E-state index in [2.05, 4.69) is 42.2 Å². The van der Waals surface area contributed by atoms with Crippen LogP contribution in [0.25, 0.3) is 0 Å². The zero-order valence-corrected chi connectivity index (χ0v) is 20.0. The van der Waals surface area contributed by atoms with Crippen molar-refractivity contribution in [3.63, 3.8) is 0 Å². The average Bonchev–Trinajstić information content (AvgIpc) is 3.33. The number of carbonyl (C=O) groups is 1. The Morgan fingerprint density at radius 2 is 1.84 bits per heavy atom. The fraction of sp³-hybridized carbons (Fsp3) is 0.708. The Morgan fingerprint density at radius 3 is 2.50 bits per heavy atom. The summed E-state index contributed by atoms with van der Waals surface area (Å²) in [6, 6.07) is 10.7. The van der Waals surface area contributed by atoms with Gasteiger partial charge in [-0.15, -0.1) is 0 Å². The second-order valence-electron chi connectivity index (χ2n) is 9.39. The second kappa shape index (κ2) is 11.6.